The van der Waals surface area contributed by atoms with Crippen LogP contribution in [0.3, 0.4) is 0 Å². The summed E-state index contributed by atoms with van der Waals surface area (Å²) < 4.78 is 31.1. The molecule has 0 spiro atoms. The molecule has 4 heteroatoms. The first kappa shape index (κ1) is 8.62. The molecule has 54 valence electrons. The maximum Gasteiger partial charge on any atom is 0.324 e. The lowest BCUT2D eigenvalue weighted by Gasteiger charge is -1.80. The molecule has 0 radical (unpaired) electrons. The lowest BCUT2D eigenvalue weighted by atomic mass is 10.3. The zero-order chi connectivity index (χ0) is 7.33. The van der Waals surface area contributed by atoms with Crippen LogP contribution in [0, 0.1) is 0 Å². The van der Waals surface area contributed by atoms with E-state index in [9.17, 15) is 12.3 Å². The fourth-order valence-corrected chi connectivity index (χ4v) is 0.716. The Bertz CT molecular complexity index is 181. The molecule has 0 bridgehead atoms. The van der Waals surface area contributed by atoms with Crippen LogP contribution in [0.5, 0.6) is 0 Å². The van der Waals surface area contributed by atoms with Crippen LogP contribution in [0.2, 0.25) is 0 Å². The molecule has 0 aromatic heterocycles. The Labute approximate surface area is 54.6 Å². The number of rotatable bonds is 3. The Morgan fingerprint density at radius 3 is 2.44 bits per heavy atom. The molecule has 0 aliphatic rings. The summed E-state index contributed by atoms with van der Waals surface area (Å²) in [6.45, 7) is 1.88. The number of unbranched alkanes of at least 4 members (excludes halogenated alkanes) is 1. The van der Waals surface area contributed by atoms with Crippen LogP contribution in [-0.4, -0.2) is 8.42 Å². The SMILES string of the molecule is CCC/C=C/S(=O)(=O)F. The van der Waals surface area contributed by atoms with Crippen molar-refractivity contribution in [3.63, 3.8) is 0 Å². The predicted molar refractivity (Wildman–Crippen MR) is 34.1 cm³/mol. The molecule has 0 atom stereocenters. The first-order valence-electron chi connectivity index (χ1n) is 2.67. The van der Waals surface area contributed by atoms with Gasteiger partial charge in [-0.25, -0.2) is 0 Å². The second-order valence-electron chi connectivity index (χ2n) is 1.64. The highest BCUT2D eigenvalue weighted by atomic mass is 32.3. The molecule has 0 saturated carbocycles. The lowest BCUT2D eigenvalue weighted by Crippen LogP contribution is -1.80. The highest BCUT2D eigenvalue weighted by Gasteiger charge is 1.95. The average Bonchev–Trinajstić information content (AvgIpc) is 1.63. The van der Waals surface area contributed by atoms with Gasteiger partial charge >= 0.3 is 10.2 Å². The molecule has 0 N–H and O–H groups in total. The zero-order valence-corrected chi connectivity index (χ0v) is 5.99. The van der Waals surface area contributed by atoms with Crippen LogP contribution >= 0.6 is 0 Å². The van der Waals surface area contributed by atoms with Gasteiger partial charge in [0, 0.05) is 0 Å². The number of allylic oxidation sites excluding steroid dienone is 1. The van der Waals surface area contributed by atoms with Gasteiger partial charge in [-0.1, -0.05) is 19.4 Å². The third-order valence-corrected chi connectivity index (χ3v) is 1.23. The van der Waals surface area contributed by atoms with Gasteiger partial charge < -0.3 is 0 Å². The number of hydrogen-bond acceptors (Lipinski definition) is 2. The van der Waals surface area contributed by atoms with Gasteiger partial charge in [0.15, 0.2) is 0 Å². The van der Waals surface area contributed by atoms with Crippen molar-refractivity contribution >= 4 is 10.2 Å². The van der Waals surface area contributed by atoms with Gasteiger partial charge in [-0.05, 0) is 6.42 Å². The largest absolute Gasteiger partial charge is 0.324 e. The maximum absolute atomic E-state index is 11.6. The molecule has 2 nitrogen and oxygen atoms in total. The smallest absolute Gasteiger partial charge is 0.190 e. The second-order valence-corrected chi connectivity index (χ2v) is 2.86. The van der Waals surface area contributed by atoms with E-state index in [-0.39, 0.29) is 0 Å². The predicted octanol–water partition coefficient (Wildman–Crippen LogP) is 1.60. The molecular weight excluding hydrogens is 143 g/mol. The van der Waals surface area contributed by atoms with Gasteiger partial charge in [0.25, 0.3) is 0 Å². The molecule has 0 fully saturated rings. The zero-order valence-electron chi connectivity index (χ0n) is 5.17. The number of hydrogen-bond donors (Lipinski definition) is 0. The van der Waals surface area contributed by atoms with Crippen molar-refractivity contribution < 1.29 is 12.3 Å². The van der Waals surface area contributed by atoms with Crippen LogP contribution in [0.4, 0.5) is 3.89 Å². The normalized spacial score (nSPS) is 12.7. The summed E-state index contributed by atoms with van der Waals surface area (Å²) in [6, 6.07) is 0. The Hall–Kier alpha value is -0.380. The summed E-state index contributed by atoms with van der Waals surface area (Å²) in [5, 5.41) is 0.580. The molecule has 0 aromatic rings. The molecule has 0 heterocycles. The van der Waals surface area contributed by atoms with Gasteiger partial charge in [-0.15, -0.1) is 3.89 Å². The van der Waals surface area contributed by atoms with Crippen LogP contribution in [-0.2, 0) is 10.2 Å². The van der Waals surface area contributed by atoms with Crippen LogP contribution in [0.25, 0.3) is 0 Å². The fraction of sp³-hybridized carbons (Fsp3) is 0.600. The van der Waals surface area contributed by atoms with Crippen molar-refractivity contribution in [3.8, 4) is 0 Å². The standard InChI is InChI=1S/C5H9FO2S/c1-2-3-4-5-9(6,7)8/h4-5H,2-3H2,1H3/b5-4+. The van der Waals surface area contributed by atoms with Gasteiger partial charge in [0.05, 0.1) is 5.41 Å². The quantitative estimate of drug-likeness (QED) is 0.575. The van der Waals surface area contributed by atoms with E-state index in [1.807, 2.05) is 6.92 Å². The van der Waals surface area contributed by atoms with Crippen molar-refractivity contribution in [1.82, 2.24) is 0 Å². The minimum atomic E-state index is -4.38. The maximum atomic E-state index is 11.6. The summed E-state index contributed by atoms with van der Waals surface area (Å²) in [6.07, 6.45) is 2.73. The Kier molecular flexibility index (Phi) is 3.46. The van der Waals surface area contributed by atoms with E-state index in [0.29, 0.717) is 11.8 Å². The highest BCUT2D eigenvalue weighted by molar-refractivity contribution is 7.89. The molecule has 0 aliphatic carbocycles. The highest BCUT2D eigenvalue weighted by Crippen LogP contribution is 1.95. The summed E-state index contributed by atoms with van der Waals surface area (Å²) in [4.78, 5) is 0. The van der Waals surface area contributed by atoms with E-state index >= 15 is 0 Å². The summed E-state index contributed by atoms with van der Waals surface area (Å²) >= 11 is 0. The molecule has 0 aromatic carbocycles. The second kappa shape index (κ2) is 3.61. The molecule has 9 heavy (non-hydrogen) atoms. The molecule has 0 amide bonds. The molecular formula is C5H9FO2S. The van der Waals surface area contributed by atoms with Gasteiger partial charge in [-0.2, -0.15) is 8.42 Å². The van der Waals surface area contributed by atoms with Crippen molar-refractivity contribution in [2.45, 2.75) is 19.8 Å². The van der Waals surface area contributed by atoms with E-state index in [1.54, 1.807) is 0 Å². The first-order chi connectivity index (χ1) is 4.06. The molecule has 0 saturated heterocycles. The van der Waals surface area contributed by atoms with E-state index in [2.05, 4.69) is 0 Å². The van der Waals surface area contributed by atoms with Gasteiger partial charge in [0.2, 0.25) is 0 Å². The van der Waals surface area contributed by atoms with Crippen molar-refractivity contribution in [1.29, 1.82) is 0 Å². The minimum Gasteiger partial charge on any atom is -0.190 e. The van der Waals surface area contributed by atoms with E-state index in [0.717, 1.165) is 6.42 Å². The minimum absolute atomic E-state index is 0.580. The van der Waals surface area contributed by atoms with Crippen LogP contribution < -0.4 is 0 Å². The van der Waals surface area contributed by atoms with Crippen LogP contribution in [0.15, 0.2) is 11.5 Å². The lowest BCUT2D eigenvalue weighted by molar-refractivity contribution is 0.562. The van der Waals surface area contributed by atoms with Crippen LogP contribution in [0.1, 0.15) is 19.8 Å². The Morgan fingerprint density at radius 2 is 2.11 bits per heavy atom. The third-order valence-electron chi connectivity index (χ3n) is 0.714. The monoisotopic (exact) mass is 152 g/mol. The average molecular weight is 152 g/mol. The number of halogens is 1. The van der Waals surface area contributed by atoms with E-state index in [1.165, 1.54) is 6.08 Å². The fourth-order valence-electron chi connectivity index (χ4n) is 0.350. The van der Waals surface area contributed by atoms with Crippen molar-refractivity contribution in [3.05, 3.63) is 11.5 Å². The Morgan fingerprint density at radius 1 is 1.56 bits per heavy atom. The van der Waals surface area contributed by atoms with E-state index in [4.69, 9.17) is 0 Å². The Balaban J connectivity index is 3.73. The van der Waals surface area contributed by atoms with E-state index < -0.39 is 10.2 Å². The summed E-state index contributed by atoms with van der Waals surface area (Å²) in [5.41, 5.74) is 0. The first-order valence-corrected chi connectivity index (χ1v) is 4.12. The van der Waals surface area contributed by atoms with Crippen molar-refractivity contribution in [2.75, 3.05) is 0 Å². The molecule has 0 rings (SSSR count). The van der Waals surface area contributed by atoms with Gasteiger partial charge in [-0.3, -0.25) is 0 Å². The summed E-state index contributed by atoms with van der Waals surface area (Å²) in [5.74, 6) is 0. The molecule has 0 aliphatic heterocycles. The van der Waals surface area contributed by atoms with Crippen molar-refractivity contribution in [2.24, 2.45) is 0 Å². The van der Waals surface area contributed by atoms with Gasteiger partial charge in [0.1, 0.15) is 0 Å². The topological polar surface area (TPSA) is 34.1 Å². The third kappa shape index (κ3) is 7.62. The molecule has 0 unspecified atom stereocenters. The summed E-state index contributed by atoms with van der Waals surface area (Å²) in [7, 11) is -4.38.